The minimum atomic E-state index is -0.356. The molecule has 2 aromatic carbocycles. The number of aryl methyl sites for hydroxylation is 1. The fraction of sp³-hybridized carbons (Fsp3) is 0.167. The first-order valence-electron chi connectivity index (χ1n) is 6.55. The third-order valence-corrected chi connectivity index (χ3v) is 3.03. The first-order chi connectivity index (χ1) is 9.56. The molecule has 0 aliphatic rings. The summed E-state index contributed by atoms with van der Waals surface area (Å²) in [4.78, 5) is 11.4. The van der Waals surface area contributed by atoms with Crippen molar-refractivity contribution in [2.24, 2.45) is 0 Å². The van der Waals surface area contributed by atoms with E-state index in [2.05, 4.69) is 43.8 Å². The van der Waals surface area contributed by atoms with Gasteiger partial charge in [-0.15, -0.1) is 0 Å². The predicted molar refractivity (Wildman–Crippen MR) is 81.2 cm³/mol. The highest BCUT2D eigenvalue weighted by Gasteiger charge is 2.04. The van der Waals surface area contributed by atoms with Crippen LogP contribution in [0.4, 0.5) is 0 Å². The summed E-state index contributed by atoms with van der Waals surface area (Å²) in [5, 5.41) is 0. The lowest BCUT2D eigenvalue weighted by Crippen LogP contribution is -2.04. The molecule has 0 aromatic heterocycles. The molecule has 0 atom stereocenters. The van der Waals surface area contributed by atoms with Crippen molar-refractivity contribution in [1.29, 1.82) is 0 Å². The summed E-state index contributed by atoms with van der Waals surface area (Å²) in [5.41, 5.74) is 4.90. The van der Waals surface area contributed by atoms with Crippen LogP contribution in [0.3, 0.4) is 0 Å². The second kappa shape index (κ2) is 6.20. The lowest BCUT2D eigenvalue weighted by atomic mass is 10.0. The van der Waals surface area contributed by atoms with Gasteiger partial charge in [-0.05, 0) is 36.6 Å². The minimum absolute atomic E-state index is 0.269. The average Bonchev–Trinajstić information content (AvgIpc) is 2.45. The van der Waals surface area contributed by atoms with Crippen molar-refractivity contribution in [3.05, 3.63) is 71.8 Å². The lowest BCUT2D eigenvalue weighted by Gasteiger charge is -2.07. The fourth-order valence-electron chi connectivity index (χ4n) is 1.86. The van der Waals surface area contributed by atoms with Crippen molar-refractivity contribution in [2.45, 2.75) is 20.5 Å². The SMILES string of the molecule is C=C(C)C(=O)OCc1cccc(-c2ccc(C)cc2)c1. The van der Waals surface area contributed by atoms with E-state index in [0.717, 1.165) is 16.7 Å². The van der Waals surface area contributed by atoms with Crippen LogP contribution in [-0.4, -0.2) is 5.97 Å². The molecule has 0 N–H and O–H groups in total. The quantitative estimate of drug-likeness (QED) is 0.610. The third-order valence-electron chi connectivity index (χ3n) is 3.03. The molecular formula is C18H18O2. The van der Waals surface area contributed by atoms with Crippen molar-refractivity contribution in [1.82, 2.24) is 0 Å². The second-order valence-corrected chi connectivity index (χ2v) is 4.92. The largest absolute Gasteiger partial charge is 0.457 e. The van der Waals surface area contributed by atoms with Crippen LogP contribution in [0, 0.1) is 6.92 Å². The summed E-state index contributed by atoms with van der Waals surface area (Å²) >= 11 is 0. The molecule has 0 bridgehead atoms. The lowest BCUT2D eigenvalue weighted by molar-refractivity contribution is -0.140. The highest BCUT2D eigenvalue weighted by molar-refractivity contribution is 5.86. The Balaban J connectivity index is 2.14. The molecule has 0 heterocycles. The normalized spacial score (nSPS) is 10.1. The molecule has 0 fully saturated rings. The van der Waals surface area contributed by atoms with E-state index in [1.165, 1.54) is 5.56 Å². The van der Waals surface area contributed by atoms with Crippen molar-refractivity contribution in [2.75, 3.05) is 0 Å². The second-order valence-electron chi connectivity index (χ2n) is 4.92. The van der Waals surface area contributed by atoms with Crippen LogP contribution in [0.2, 0.25) is 0 Å². The smallest absolute Gasteiger partial charge is 0.333 e. The van der Waals surface area contributed by atoms with Gasteiger partial charge in [-0.25, -0.2) is 4.79 Å². The first-order valence-corrected chi connectivity index (χ1v) is 6.55. The molecule has 0 aliphatic heterocycles. The van der Waals surface area contributed by atoms with E-state index in [4.69, 9.17) is 4.74 Å². The maximum absolute atomic E-state index is 11.4. The molecule has 2 rings (SSSR count). The van der Waals surface area contributed by atoms with Crippen LogP contribution in [0.5, 0.6) is 0 Å². The van der Waals surface area contributed by atoms with Crippen LogP contribution in [0.1, 0.15) is 18.1 Å². The van der Waals surface area contributed by atoms with Gasteiger partial charge in [-0.1, -0.05) is 54.6 Å². The summed E-state index contributed by atoms with van der Waals surface area (Å²) in [6, 6.07) is 16.4. The maximum atomic E-state index is 11.4. The standard InChI is InChI=1S/C18H18O2/c1-13(2)18(19)20-12-15-5-4-6-17(11-15)16-9-7-14(3)8-10-16/h4-11H,1,12H2,2-3H3. The zero-order valence-corrected chi connectivity index (χ0v) is 11.8. The summed E-state index contributed by atoms with van der Waals surface area (Å²) in [6.07, 6.45) is 0. The van der Waals surface area contributed by atoms with Crippen LogP contribution < -0.4 is 0 Å². The number of rotatable bonds is 4. The minimum Gasteiger partial charge on any atom is -0.457 e. The summed E-state index contributed by atoms with van der Waals surface area (Å²) in [6.45, 7) is 7.55. The molecule has 0 unspecified atom stereocenters. The van der Waals surface area contributed by atoms with Crippen molar-refractivity contribution < 1.29 is 9.53 Å². The van der Waals surface area contributed by atoms with Crippen LogP contribution in [0.25, 0.3) is 11.1 Å². The number of benzene rings is 2. The average molecular weight is 266 g/mol. The number of ether oxygens (including phenoxy) is 1. The van der Waals surface area contributed by atoms with E-state index < -0.39 is 0 Å². The van der Waals surface area contributed by atoms with Gasteiger partial charge in [-0.2, -0.15) is 0 Å². The van der Waals surface area contributed by atoms with E-state index in [0.29, 0.717) is 5.57 Å². The highest BCUT2D eigenvalue weighted by atomic mass is 16.5. The van der Waals surface area contributed by atoms with Gasteiger partial charge in [0.05, 0.1) is 0 Å². The monoisotopic (exact) mass is 266 g/mol. The maximum Gasteiger partial charge on any atom is 0.333 e. The Morgan fingerprint density at radius 3 is 2.45 bits per heavy atom. The molecule has 0 radical (unpaired) electrons. The fourth-order valence-corrected chi connectivity index (χ4v) is 1.86. The van der Waals surface area contributed by atoms with Gasteiger partial charge in [0.15, 0.2) is 0 Å². The van der Waals surface area contributed by atoms with Gasteiger partial charge in [0.25, 0.3) is 0 Å². The number of hydrogen-bond donors (Lipinski definition) is 0. The van der Waals surface area contributed by atoms with Crippen LogP contribution in [0.15, 0.2) is 60.7 Å². The highest BCUT2D eigenvalue weighted by Crippen LogP contribution is 2.21. The molecule has 2 nitrogen and oxygen atoms in total. The molecular weight excluding hydrogens is 248 g/mol. The molecule has 2 heteroatoms. The van der Waals surface area contributed by atoms with E-state index in [1.807, 2.05) is 18.2 Å². The van der Waals surface area contributed by atoms with E-state index >= 15 is 0 Å². The third kappa shape index (κ3) is 3.58. The number of hydrogen-bond acceptors (Lipinski definition) is 2. The Bertz CT molecular complexity index is 624. The van der Waals surface area contributed by atoms with Crippen LogP contribution in [-0.2, 0) is 16.1 Å². The Hall–Kier alpha value is -2.35. The molecule has 102 valence electrons. The van der Waals surface area contributed by atoms with E-state index in [-0.39, 0.29) is 12.6 Å². The molecule has 0 saturated heterocycles. The van der Waals surface area contributed by atoms with Crippen molar-refractivity contribution in [3.8, 4) is 11.1 Å². The molecule has 2 aromatic rings. The van der Waals surface area contributed by atoms with Gasteiger partial charge in [-0.3, -0.25) is 0 Å². The van der Waals surface area contributed by atoms with E-state index in [9.17, 15) is 4.79 Å². The summed E-state index contributed by atoms with van der Waals surface area (Å²) in [5.74, 6) is -0.356. The molecule has 0 aliphatic carbocycles. The topological polar surface area (TPSA) is 26.3 Å². The Labute approximate surface area is 119 Å². The molecule has 0 amide bonds. The van der Waals surface area contributed by atoms with Crippen molar-refractivity contribution in [3.63, 3.8) is 0 Å². The van der Waals surface area contributed by atoms with Gasteiger partial charge < -0.3 is 4.74 Å². The zero-order valence-electron chi connectivity index (χ0n) is 11.8. The molecule has 0 saturated carbocycles. The Morgan fingerprint density at radius 2 is 1.80 bits per heavy atom. The van der Waals surface area contributed by atoms with Crippen molar-refractivity contribution >= 4 is 5.97 Å². The number of carbonyl (C=O) groups is 1. The van der Waals surface area contributed by atoms with Gasteiger partial charge in [0.1, 0.15) is 6.61 Å². The van der Waals surface area contributed by atoms with E-state index in [1.54, 1.807) is 6.92 Å². The number of esters is 1. The predicted octanol–water partition coefficient (Wildman–Crippen LogP) is 4.28. The van der Waals surface area contributed by atoms with Gasteiger partial charge in [0, 0.05) is 5.57 Å². The zero-order chi connectivity index (χ0) is 14.5. The van der Waals surface area contributed by atoms with Gasteiger partial charge in [0.2, 0.25) is 0 Å². The summed E-state index contributed by atoms with van der Waals surface area (Å²) < 4.78 is 5.16. The Morgan fingerprint density at radius 1 is 1.10 bits per heavy atom. The summed E-state index contributed by atoms with van der Waals surface area (Å²) in [7, 11) is 0. The molecule has 0 spiro atoms. The molecule has 20 heavy (non-hydrogen) atoms. The number of carbonyl (C=O) groups excluding carboxylic acids is 1. The van der Waals surface area contributed by atoms with Crippen LogP contribution >= 0.6 is 0 Å². The first kappa shape index (κ1) is 14.1. The Kier molecular flexibility index (Phi) is 4.36. The van der Waals surface area contributed by atoms with Gasteiger partial charge >= 0.3 is 5.97 Å².